The van der Waals surface area contributed by atoms with Gasteiger partial charge in [-0.25, -0.2) is 0 Å². The molecule has 0 amide bonds. The molecule has 4 nitrogen and oxygen atoms in total. The molecule has 0 saturated carbocycles. The summed E-state index contributed by atoms with van der Waals surface area (Å²) >= 11 is 0. The minimum absolute atomic E-state index is 0. The zero-order valence-corrected chi connectivity index (χ0v) is 9.74. The van der Waals surface area contributed by atoms with Crippen molar-refractivity contribution in [1.82, 2.24) is 4.90 Å². The molecule has 0 spiro atoms. The van der Waals surface area contributed by atoms with Gasteiger partial charge in [-0.15, -0.1) is 24.8 Å². The Kier molecular flexibility index (Phi) is 6.28. The van der Waals surface area contributed by atoms with Gasteiger partial charge in [-0.1, -0.05) is 0 Å². The molecule has 2 saturated heterocycles. The van der Waals surface area contributed by atoms with Crippen LogP contribution in [0.5, 0.6) is 0 Å². The van der Waals surface area contributed by atoms with E-state index in [-0.39, 0.29) is 30.4 Å². The molecule has 0 aromatic heterocycles. The summed E-state index contributed by atoms with van der Waals surface area (Å²) in [6.45, 7) is 5.75. The Balaban J connectivity index is 0.000000845. The zero-order chi connectivity index (χ0) is 8.44. The van der Waals surface area contributed by atoms with Gasteiger partial charge in [-0.05, 0) is 0 Å². The molecular weight excluding hydrogens is 227 g/mol. The number of nitrogens with two attached hydrogens (primary N) is 1. The van der Waals surface area contributed by atoms with E-state index in [1.165, 1.54) is 0 Å². The van der Waals surface area contributed by atoms with Crippen molar-refractivity contribution >= 4 is 24.8 Å². The van der Waals surface area contributed by atoms with Crippen LogP contribution in [0, 0.1) is 0 Å². The average molecular weight is 245 g/mol. The highest BCUT2D eigenvalue weighted by Gasteiger charge is 2.40. The van der Waals surface area contributed by atoms with Crippen molar-refractivity contribution < 1.29 is 9.47 Å². The lowest BCUT2D eigenvalue weighted by atomic mass is 9.97. The number of hydrogen-bond donors (Lipinski definition) is 1. The number of rotatable bonds is 1. The molecule has 2 aliphatic heterocycles. The maximum absolute atomic E-state index is 5.75. The summed E-state index contributed by atoms with van der Waals surface area (Å²) in [5.74, 6) is 0. The van der Waals surface area contributed by atoms with Gasteiger partial charge in [-0.3, -0.25) is 4.90 Å². The highest BCUT2D eigenvalue weighted by molar-refractivity contribution is 5.85. The van der Waals surface area contributed by atoms with Gasteiger partial charge < -0.3 is 15.2 Å². The lowest BCUT2D eigenvalue weighted by Crippen LogP contribution is -2.66. The summed E-state index contributed by atoms with van der Waals surface area (Å²) in [5, 5.41) is 0. The van der Waals surface area contributed by atoms with Crippen molar-refractivity contribution in [2.75, 3.05) is 46.1 Å². The van der Waals surface area contributed by atoms with Crippen LogP contribution in [0.25, 0.3) is 0 Å². The maximum Gasteiger partial charge on any atom is 0.0803 e. The highest BCUT2D eigenvalue weighted by atomic mass is 35.5. The van der Waals surface area contributed by atoms with Crippen LogP contribution in [-0.2, 0) is 9.47 Å². The molecule has 0 unspecified atom stereocenters. The van der Waals surface area contributed by atoms with Crippen LogP contribution < -0.4 is 5.73 Å². The third-order valence-corrected chi connectivity index (χ3v) is 2.80. The Morgan fingerprint density at radius 3 is 1.93 bits per heavy atom. The van der Waals surface area contributed by atoms with Crippen molar-refractivity contribution in [2.45, 2.75) is 5.54 Å². The van der Waals surface area contributed by atoms with Gasteiger partial charge in [0.1, 0.15) is 0 Å². The van der Waals surface area contributed by atoms with E-state index >= 15 is 0 Å². The number of halogens is 2. The zero-order valence-electron chi connectivity index (χ0n) is 8.11. The van der Waals surface area contributed by atoms with Gasteiger partial charge >= 0.3 is 0 Å². The Morgan fingerprint density at radius 2 is 1.57 bits per heavy atom. The van der Waals surface area contributed by atoms with Crippen LogP contribution >= 0.6 is 24.8 Å². The first-order valence-electron chi connectivity index (χ1n) is 4.48. The largest absolute Gasteiger partial charge is 0.378 e. The van der Waals surface area contributed by atoms with Crippen molar-refractivity contribution in [3.63, 3.8) is 0 Å². The standard InChI is InChI=1S/C8H16N2O2.2ClH/c9-5-8-6-11-3-1-10(8)2-4-12-7-8;;/h1-7,9H2;2*1H. The molecule has 2 fully saturated rings. The van der Waals surface area contributed by atoms with Gasteiger partial charge in [-0.2, -0.15) is 0 Å². The fourth-order valence-corrected chi connectivity index (χ4v) is 1.93. The van der Waals surface area contributed by atoms with Gasteiger partial charge in [0, 0.05) is 19.6 Å². The number of hydrogen-bond acceptors (Lipinski definition) is 4. The Morgan fingerprint density at radius 1 is 1.07 bits per heavy atom. The van der Waals surface area contributed by atoms with Crippen LogP contribution in [0.3, 0.4) is 0 Å². The first kappa shape index (κ1) is 14.4. The fraction of sp³-hybridized carbons (Fsp3) is 1.00. The quantitative estimate of drug-likeness (QED) is 0.700. The van der Waals surface area contributed by atoms with Crippen LogP contribution in [0.15, 0.2) is 0 Å². The normalized spacial score (nSPS) is 25.5. The molecule has 14 heavy (non-hydrogen) atoms. The highest BCUT2D eigenvalue weighted by Crippen LogP contribution is 2.22. The predicted molar refractivity (Wildman–Crippen MR) is 59.5 cm³/mol. The lowest BCUT2D eigenvalue weighted by molar-refractivity contribution is -0.137. The predicted octanol–water partition coefficient (Wildman–Crippen LogP) is -0.110. The average Bonchev–Trinajstić information content (AvgIpc) is 2.18. The minimum Gasteiger partial charge on any atom is -0.378 e. The first-order valence-corrected chi connectivity index (χ1v) is 4.48. The summed E-state index contributed by atoms with van der Waals surface area (Å²) in [6.07, 6.45) is 0. The molecule has 0 aliphatic carbocycles. The molecule has 2 heterocycles. The number of nitrogens with zero attached hydrogens (tertiary/aromatic N) is 1. The number of ether oxygens (including phenoxy) is 2. The van der Waals surface area contributed by atoms with E-state index in [2.05, 4.69) is 4.90 Å². The SMILES string of the molecule is Cl.Cl.NCC12COCCN1CCOC2. The van der Waals surface area contributed by atoms with Crippen LogP contribution in [-0.4, -0.2) is 56.5 Å². The second-order valence-electron chi connectivity index (χ2n) is 3.52. The third kappa shape index (κ3) is 2.51. The molecule has 2 N–H and O–H groups in total. The molecule has 0 aromatic carbocycles. The van der Waals surface area contributed by atoms with E-state index in [1.807, 2.05) is 0 Å². The number of fused-ring (bicyclic) bond motifs is 1. The van der Waals surface area contributed by atoms with Crippen molar-refractivity contribution in [1.29, 1.82) is 0 Å². The Hall–Kier alpha value is 0.420. The molecule has 2 aliphatic rings. The molecule has 0 atom stereocenters. The summed E-state index contributed by atoms with van der Waals surface area (Å²) in [4.78, 5) is 2.40. The summed E-state index contributed by atoms with van der Waals surface area (Å²) < 4.78 is 10.9. The molecule has 2 rings (SSSR count). The van der Waals surface area contributed by atoms with Gasteiger partial charge in [0.15, 0.2) is 0 Å². The monoisotopic (exact) mass is 244 g/mol. The van der Waals surface area contributed by atoms with E-state index in [4.69, 9.17) is 15.2 Å². The van der Waals surface area contributed by atoms with E-state index in [0.29, 0.717) is 6.54 Å². The van der Waals surface area contributed by atoms with E-state index in [9.17, 15) is 0 Å². The molecule has 86 valence electrons. The minimum atomic E-state index is -0.0174. The van der Waals surface area contributed by atoms with Crippen molar-refractivity contribution in [3.8, 4) is 0 Å². The summed E-state index contributed by atoms with van der Waals surface area (Å²) in [5.41, 5.74) is 5.73. The maximum atomic E-state index is 5.75. The van der Waals surface area contributed by atoms with Gasteiger partial charge in [0.25, 0.3) is 0 Å². The van der Waals surface area contributed by atoms with Gasteiger partial charge in [0.05, 0.1) is 32.0 Å². The first-order chi connectivity index (χ1) is 5.87. The van der Waals surface area contributed by atoms with Crippen LogP contribution in [0.1, 0.15) is 0 Å². The van der Waals surface area contributed by atoms with E-state index < -0.39 is 0 Å². The van der Waals surface area contributed by atoms with Crippen molar-refractivity contribution in [2.24, 2.45) is 5.73 Å². The summed E-state index contributed by atoms with van der Waals surface area (Å²) in [7, 11) is 0. The molecule has 0 radical (unpaired) electrons. The topological polar surface area (TPSA) is 47.7 Å². The van der Waals surface area contributed by atoms with E-state index in [1.54, 1.807) is 0 Å². The smallest absolute Gasteiger partial charge is 0.0803 e. The van der Waals surface area contributed by atoms with E-state index in [0.717, 1.165) is 39.5 Å². The molecule has 6 heteroatoms. The van der Waals surface area contributed by atoms with Crippen LogP contribution in [0.4, 0.5) is 0 Å². The second kappa shape index (κ2) is 6.10. The van der Waals surface area contributed by atoms with Gasteiger partial charge in [0.2, 0.25) is 0 Å². The Bertz CT molecular complexity index is 159. The summed E-state index contributed by atoms with van der Waals surface area (Å²) in [6, 6.07) is 0. The van der Waals surface area contributed by atoms with Crippen LogP contribution in [0.2, 0.25) is 0 Å². The third-order valence-electron chi connectivity index (χ3n) is 2.80. The second-order valence-corrected chi connectivity index (χ2v) is 3.52. The lowest BCUT2D eigenvalue weighted by Gasteiger charge is -2.48. The molecular formula is C8H18Cl2N2O2. The number of morpholine rings is 2. The van der Waals surface area contributed by atoms with Crippen molar-refractivity contribution in [3.05, 3.63) is 0 Å². The molecule has 0 aromatic rings. The Labute approximate surface area is 96.9 Å². The molecule has 0 bridgehead atoms. The fourth-order valence-electron chi connectivity index (χ4n) is 1.93.